The van der Waals surface area contributed by atoms with Gasteiger partial charge in [-0.15, -0.1) is 10.2 Å². The summed E-state index contributed by atoms with van der Waals surface area (Å²) in [6.07, 6.45) is 0. The lowest BCUT2D eigenvalue weighted by Crippen LogP contribution is -2.23. The number of hydrogen-bond donors (Lipinski definition) is 0. The third-order valence-electron chi connectivity index (χ3n) is 4.35. The fourth-order valence-electron chi connectivity index (χ4n) is 2.91. The summed E-state index contributed by atoms with van der Waals surface area (Å²) in [6.45, 7) is 0.552. The first-order valence-corrected chi connectivity index (χ1v) is 9.43. The maximum Gasteiger partial charge on any atom is 0.237 e. The predicted molar refractivity (Wildman–Crippen MR) is 103 cm³/mol. The highest BCUT2D eigenvalue weighted by Gasteiger charge is 2.18. The molecule has 0 spiro atoms. The summed E-state index contributed by atoms with van der Waals surface area (Å²) in [5.41, 5.74) is 2.95. The molecule has 4 rings (SSSR count). The van der Waals surface area contributed by atoms with Gasteiger partial charge in [0.15, 0.2) is 5.16 Å². The van der Waals surface area contributed by atoms with Gasteiger partial charge in [-0.05, 0) is 29.8 Å². The minimum Gasteiger partial charge on any atom is -0.348 e. The second-order valence-electron chi connectivity index (χ2n) is 6.40. The van der Waals surface area contributed by atoms with Gasteiger partial charge in [-0.1, -0.05) is 36.0 Å². The van der Waals surface area contributed by atoms with Crippen molar-refractivity contribution in [2.45, 2.75) is 11.7 Å². The number of imidazole rings is 1. The first-order chi connectivity index (χ1) is 13.0. The number of nitrogens with zero attached hydrogens (tertiary/aromatic N) is 5. The number of amides is 1. The summed E-state index contributed by atoms with van der Waals surface area (Å²) < 4.78 is 17.2. The zero-order valence-electron chi connectivity index (χ0n) is 15.0. The van der Waals surface area contributed by atoms with E-state index >= 15 is 0 Å². The Morgan fingerprint density at radius 3 is 2.48 bits per heavy atom. The Labute approximate surface area is 159 Å². The van der Waals surface area contributed by atoms with Crippen LogP contribution in [0.1, 0.15) is 5.56 Å². The Kier molecular flexibility index (Phi) is 4.57. The van der Waals surface area contributed by atoms with Crippen LogP contribution in [0, 0.1) is 5.82 Å². The Morgan fingerprint density at radius 2 is 1.78 bits per heavy atom. The van der Waals surface area contributed by atoms with Gasteiger partial charge in [0.25, 0.3) is 0 Å². The largest absolute Gasteiger partial charge is 0.348 e. The maximum atomic E-state index is 13.2. The van der Waals surface area contributed by atoms with E-state index in [0.29, 0.717) is 23.2 Å². The monoisotopic (exact) mass is 383 g/mol. The lowest BCUT2D eigenvalue weighted by Gasteiger charge is -2.08. The highest BCUT2D eigenvalue weighted by Crippen LogP contribution is 2.26. The molecule has 8 heteroatoms. The lowest BCUT2D eigenvalue weighted by atomic mass is 10.2. The lowest BCUT2D eigenvalue weighted by molar-refractivity contribution is -0.125. The van der Waals surface area contributed by atoms with E-state index < -0.39 is 0 Å². The third kappa shape index (κ3) is 3.28. The molecule has 1 amide bonds. The van der Waals surface area contributed by atoms with Gasteiger partial charge in [-0.3, -0.25) is 9.20 Å². The van der Waals surface area contributed by atoms with E-state index in [1.807, 2.05) is 33.2 Å². The van der Waals surface area contributed by atoms with Gasteiger partial charge in [-0.2, -0.15) is 0 Å². The Balaban J connectivity index is 1.77. The van der Waals surface area contributed by atoms with E-state index in [4.69, 9.17) is 0 Å². The van der Waals surface area contributed by atoms with E-state index in [9.17, 15) is 9.18 Å². The predicted octanol–water partition coefficient (Wildman–Crippen LogP) is 3.05. The average Bonchev–Trinajstić information content (AvgIpc) is 3.21. The third-order valence-corrected chi connectivity index (χ3v) is 5.26. The zero-order chi connectivity index (χ0) is 19.0. The van der Waals surface area contributed by atoms with Crippen molar-refractivity contribution in [1.29, 1.82) is 0 Å². The van der Waals surface area contributed by atoms with Crippen LogP contribution < -0.4 is 0 Å². The van der Waals surface area contributed by atoms with Gasteiger partial charge >= 0.3 is 0 Å². The molecule has 6 nitrogen and oxygen atoms in total. The smallest absolute Gasteiger partial charge is 0.237 e. The number of para-hydroxylation sites is 2. The van der Waals surface area contributed by atoms with Crippen LogP contribution in [-0.4, -0.2) is 49.8 Å². The van der Waals surface area contributed by atoms with Crippen molar-refractivity contribution in [1.82, 2.24) is 24.1 Å². The van der Waals surface area contributed by atoms with Gasteiger partial charge in [0.05, 0.1) is 23.3 Å². The summed E-state index contributed by atoms with van der Waals surface area (Å²) >= 11 is 1.36. The quantitative estimate of drug-likeness (QED) is 0.497. The van der Waals surface area contributed by atoms with Crippen LogP contribution in [0.3, 0.4) is 0 Å². The summed E-state index contributed by atoms with van der Waals surface area (Å²) in [5, 5.41) is 9.30. The molecule has 0 fully saturated rings. The molecule has 2 aromatic heterocycles. The van der Waals surface area contributed by atoms with Crippen LogP contribution in [0.25, 0.3) is 16.8 Å². The van der Waals surface area contributed by atoms with Crippen molar-refractivity contribution in [3.8, 4) is 0 Å². The normalized spacial score (nSPS) is 11.4. The molecule has 2 heterocycles. The Hall–Kier alpha value is -2.87. The molecule has 0 saturated heterocycles. The molecular weight excluding hydrogens is 365 g/mol. The van der Waals surface area contributed by atoms with Crippen molar-refractivity contribution in [2.24, 2.45) is 0 Å². The number of thioether (sulfide) groups is 1. The first-order valence-electron chi connectivity index (χ1n) is 8.44. The summed E-state index contributed by atoms with van der Waals surface area (Å²) in [6, 6.07) is 14.4. The molecule has 0 aliphatic carbocycles. The molecule has 138 valence electrons. The molecule has 4 aromatic rings. The number of carbonyl (C=O) groups excluding carboxylic acids is 1. The van der Waals surface area contributed by atoms with Crippen molar-refractivity contribution >= 4 is 34.5 Å². The standard InChI is InChI=1S/C19H18FN5OS/c1-23(2)17(26)12-27-19-22-21-18-24(11-13-7-9-14(20)10-8-13)15-5-3-4-6-16(15)25(18)19/h3-10H,11-12H2,1-2H3. The molecule has 0 atom stereocenters. The number of benzene rings is 2. The molecule has 2 aromatic carbocycles. The number of rotatable bonds is 5. The summed E-state index contributed by atoms with van der Waals surface area (Å²) in [5.74, 6) is 0.755. The SMILES string of the molecule is CN(C)C(=O)CSc1nnc2n(Cc3ccc(F)cc3)c3ccccc3n12. The molecule has 0 radical (unpaired) electrons. The second kappa shape index (κ2) is 7.03. The number of hydrogen-bond acceptors (Lipinski definition) is 4. The minimum absolute atomic E-state index is 0.0202. The number of fused-ring (bicyclic) bond motifs is 3. The second-order valence-corrected chi connectivity index (χ2v) is 7.34. The zero-order valence-corrected chi connectivity index (χ0v) is 15.8. The van der Waals surface area contributed by atoms with Crippen LogP contribution in [0.4, 0.5) is 4.39 Å². The number of carbonyl (C=O) groups is 1. The van der Waals surface area contributed by atoms with Crippen LogP contribution in [0.15, 0.2) is 53.7 Å². The van der Waals surface area contributed by atoms with Gasteiger partial charge < -0.3 is 9.47 Å². The molecule has 0 aliphatic rings. The maximum absolute atomic E-state index is 13.2. The molecule has 0 N–H and O–H groups in total. The minimum atomic E-state index is -0.256. The van der Waals surface area contributed by atoms with Gasteiger partial charge in [0, 0.05) is 14.1 Å². The molecule has 0 unspecified atom stereocenters. The van der Waals surface area contributed by atoms with Crippen LogP contribution in [0.2, 0.25) is 0 Å². The van der Waals surface area contributed by atoms with Crippen molar-refractivity contribution in [3.05, 3.63) is 59.9 Å². The van der Waals surface area contributed by atoms with E-state index in [1.54, 1.807) is 31.1 Å². The molecule has 27 heavy (non-hydrogen) atoms. The van der Waals surface area contributed by atoms with Crippen LogP contribution >= 0.6 is 11.8 Å². The van der Waals surface area contributed by atoms with E-state index in [1.165, 1.54) is 23.9 Å². The van der Waals surface area contributed by atoms with Crippen molar-refractivity contribution in [2.75, 3.05) is 19.8 Å². The Bertz CT molecular complexity index is 1120. The average molecular weight is 383 g/mol. The summed E-state index contributed by atoms with van der Waals surface area (Å²) in [4.78, 5) is 13.5. The number of aromatic nitrogens is 4. The van der Waals surface area contributed by atoms with Gasteiger partial charge in [0.2, 0.25) is 11.7 Å². The van der Waals surface area contributed by atoms with Gasteiger partial charge in [-0.25, -0.2) is 4.39 Å². The fraction of sp³-hybridized carbons (Fsp3) is 0.211. The van der Waals surface area contributed by atoms with Crippen molar-refractivity contribution < 1.29 is 9.18 Å². The molecule has 0 saturated carbocycles. The highest BCUT2D eigenvalue weighted by atomic mass is 32.2. The first kappa shape index (κ1) is 17.5. The summed E-state index contributed by atoms with van der Waals surface area (Å²) in [7, 11) is 3.47. The number of halogens is 1. The molecular formula is C19H18FN5OS. The highest BCUT2D eigenvalue weighted by molar-refractivity contribution is 7.99. The van der Waals surface area contributed by atoms with Gasteiger partial charge in [0.1, 0.15) is 5.82 Å². The van der Waals surface area contributed by atoms with E-state index in [2.05, 4.69) is 10.2 Å². The molecule has 0 bridgehead atoms. The van der Waals surface area contributed by atoms with E-state index in [-0.39, 0.29) is 11.7 Å². The van der Waals surface area contributed by atoms with Crippen LogP contribution in [-0.2, 0) is 11.3 Å². The van der Waals surface area contributed by atoms with Crippen molar-refractivity contribution in [3.63, 3.8) is 0 Å². The fourth-order valence-corrected chi connectivity index (χ4v) is 3.83. The van der Waals surface area contributed by atoms with E-state index in [0.717, 1.165) is 16.6 Å². The Morgan fingerprint density at radius 1 is 1.07 bits per heavy atom. The topological polar surface area (TPSA) is 55.4 Å². The molecule has 0 aliphatic heterocycles. The van der Waals surface area contributed by atoms with Crippen LogP contribution in [0.5, 0.6) is 0 Å².